The zero-order chi connectivity index (χ0) is 20.5. The molecule has 1 aromatic heterocycles. The lowest BCUT2D eigenvalue weighted by atomic mass is 9.89. The summed E-state index contributed by atoms with van der Waals surface area (Å²) in [4.78, 5) is 12.9. The molecule has 6 heteroatoms. The van der Waals surface area contributed by atoms with Crippen molar-refractivity contribution >= 4 is 5.57 Å². The molecule has 0 spiro atoms. The summed E-state index contributed by atoms with van der Waals surface area (Å²) in [6.07, 6.45) is 3.85. The number of benzene rings is 1. The van der Waals surface area contributed by atoms with E-state index in [1.165, 1.54) is 16.7 Å². The number of hydrogen-bond donors (Lipinski definition) is 0. The number of hydrogen-bond acceptors (Lipinski definition) is 5. The van der Waals surface area contributed by atoms with Crippen molar-refractivity contribution in [1.82, 2.24) is 4.57 Å². The second kappa shape index (κ2) is 8.38. The van der Waals surface area contributed by atoms with Crippen LogP contribution in [0.4, 0.5) is 0 Å². The summed E-state index contributed by atoms with van der Waals surface area (Å²) in [7, 11) is 0. The van der Waals surface area contributed by atoms with Gasteiger partial charge in [-0.05, 0) is 36.5 Å². The second-order valence-electron chi connectivity index (χ2n) is 8.14. The molecule has 0 radical (unpaired) electrons. The molecule has 0 N–H and O–H groups in total. The topological polar surface area (TPSA) is 58.9 Å². The van der Waals surface area contributed by atoms with Crippen LogP contribution in [0.15, 0.2) is 41.2 Å². The molecule has 1 aromatic carbocycles. The lowest BCUT2D eigenvalue weighted by molar-refractivity contribution is -0.101. The van der Waals surface area contributed by atoms with Gasteiger partial charge in [-0.1, -0.05) is 24.3 Å². The van der Waals surface area contributed by atoms with E-state index in [9.17, 15) is 4.79 Å². The van der Waals surface area contributed by atoms with Crippen LogP contribution in [0.2, 0.25) is 0 Å². The van der Waals surface area contributed by atoms with Gasteiger partial charge in [-0.3, -0.25) is 4.79 Å². The highest BCUT2D eigenvalue weighted by Crippen LogP contribution is 2.37. The Morgan fingerprint density at radius 1 is 1.13 bits per heavy atom. The van der Waals surface area contributed by atoms with Gasteiger partial charge in [0.25, 0.3) is 5.56 Å². The third-order valence-corrected chi connectivity index (χ3v) is 6.03. The number of fused-ring (bicyclic) bond motifs is 3. The Morgan fingerprint density at radius 2 is 2.07 bits per heavy atom. The van der Waals surface area contributed by atoms with E-state index in [1.54, 1.807) is 6.07 Å². The largest absolute Gasteiger partial charge is 0.491 e. The summed E-state index contributed by atoms with van der Waals surface area (Å²) in [5.74, 6) is 0.580. The van der Waals surface area contributed by atoms with Gasteiger partial charge in [0.15, 0.2) is 0 Å². The lowest BCUT2D eigenvalue weighted by Crippen LogP contribution is -2.34. The Bertz CT molecular complexity index is 1020. The van der Waals surface area contributed by atoms with Gasteiger partial charge in [-0.25, -0.2) is 0 Å². The predicted molar refractivity (Wildman–Crippen MR) is 114 cm³/mol. The third kappa shape index (κ3) is 3.83. The Kier molecular flexibility index (Phi) is 5.46. The van der Waals surface area contributed by atoms with Crippen LogP contribution in [0.3, 0.4) is 0 Å². The van der Waals surface area contributed by atoms with Crippen LogP contribution in [-0.2, 0) is 20.6 Å². The van der Waals surface area contributed by atoms with Crippen LogP contribution in [-0.4, -0.2) is 50.3 Å². The normalized spacial score (nSPS) is 23.3. The molecule has 1 unspecified atom stereocenters. The number of pyridine rings is 1. The van der Waals surface area contributed by atoms with E-state index >= 15 is 0 Å². The molecule has 0 aliphatic carbocycles. The number of nitrogens with zero attached hydrogens (tertiary/aromatic N) is 1. The average Bonchev–Trinajstić information content (AvgIpc) is 2.78. The van der Waals surface area contributed by atoms with E-state index < -0.39 is 0 Å². The molecule has 0 saturated carbocycles. The monoisotopic (exact) mass is 409 g/mol. The third-order valence-electron chi connectivity index (χ3n) is 6.03. The van der Waals surface area contributed by atoms with Crippen molar-refractivity contribution in [2.24, 2.45) is 0 Å². The fourth-order valence-electron chi connectivity index (χ4n) is 4.53. The van der Waals surface area contributed by atoms with Gasteiger partial charge in [0.05, 0.1) is 38.7 Å². The standard InChI is InChI=1S/C24H27NO5/c1-16-10-19-11-18(17-4-6-27-7-5-17)2-3-22(19)23-12-20(13-24(26)25(16)23)30-15-21-14-28-8-9-29-21/h2-4,11-13,16,21H,5-10,14-15H2,1H3/t16?,21-/m0/s1. The SMILES string of the molecule is CC1Cc2cc(C3=CCOCC3)ccc2-c2cc(OC[C@@H]3COCCO3)cc(=O)n21. The second-order valence-corrected chi connectivity index (χ2v) is 8.14. The predicted octanol–water partition coefficient (Wildman–Crippen LogP) is 3.23. The van der Waals surface area contributed by atoms with E-state index in [1.807, 2.05) is 10.6 Å². The van der Waals surface area contributed by atoms with Crippen LogP contribution in [0.5, 0.6) is 5.75 Å². The van der Waals surface area contributed by atoms with Crippen molar-refractivity contribution in [3.63, 3.8) is 0 Å². The maximum Gasteiger partial charge on any atom is 0.254 e. The molecule has 5 rings (SSSR count). The molecule has 30 heavy (non-hydrogen) atoms. The summed E-state index contributed by atoms with van der Waals surface area (Å²) in [6.45, 7) is 5.65. The van der Waals surface area contributed by atoms with Crippen molar-refractivity contribution in [1.29, 1.82) is 0 Å². The molecule has 1 fully saturated rings. The molecule has 0 bridgehead atoms. The Labute approximate surface area is 176 Å². The van der Waals surface area contributed by atoms with Crippen LogP contribution < -0.4 is 10.3 Å². The minimum absolute atomic E-state index is 0.0299. The molecule has 6 nitrogen and oxygen atoms in total. The smallest absolute Gasteiger partial charge is 0.254 e. The average molecular weight is 409 g/mol. The van der Waals surface area contributed by atoms with Crippen LogP contribution in [0.25, 0.3) is 16.8 Å². The summed E-state index contributed by atoms with van der Waals surface area (Å²) in [5, 5.41) is 0. The maximum absolute atomic E-state index is 12.9. The molecule has 4 heterocycles. The first-order valence-corrected chi connectivity index (χ1v) is 10.7. The maximum atomic E-state index is 12.9. The molecule has 3 aliphatic heterocycles. The van der Waals surface area contributed by atoms with Crippen molar-refractivity contribution in [2.75, 3.05) is 39.6 Å². The molecular formula is C24H27NO5. The Morgan fingerprint density at radius 3 is 2.87 bits per heavy atom. The molecule has 2 atom stereocenters. The zero-order valence-electron chi connectivity index (χ0n) is 17.3. The van der Waals surface area contributed by atoms with E-state index in [4.69, 9.17) is 18.9 Å². The Hall–Kier alpha value is -2.41. The highest BCUT2D eigenvalue weighted by molar-refractivity contribution is 5.74. The van der Waals surface area contributed by atoms with Crippen molar-refractivity contribution in [2.45, 2.75) is 31.9 Å². The molecule has 2 aromatic rings. The number of rotatable bonds is 4. The van der Waals surface area contributed by atoms with Gasteiger partial charge in [0.2, 0.25) is 0 Å². The highest BCUT2D eigenvalue weighted by atomic mass is 16.6. The van der Waals surface area contributed by atoms with Crippen LogP contribution in [0.1, 0.15) is 30.5 Å². The van der Waals surface area contributed by atoms with Gasteiger partial charge in [-0.15, -0.1) is 0 Å². The molecule has 1 saturated heterocycles. The van der Waals surface area contributed by atoms with Crippen molar-refractivity contribution < 1.29 is 18.9 Å². The van der Waals surface area contributed by atoms with Gasteiger partial charge >= 0.3 is 0 Å². The van der Waals surface area contributed by atoms with Gasteiger partial charge in [-0.2, -0.15) is 0 Å². The van der Waals surface area contributed by atoms with E-state index in [0.717, 1.165) is 30.7 Å². The highest BCUT2D eigenvalue weighted by Gasteiger charge is 2.24. The number of ether oxygens (including phenoxy) is 4. The van der Waals surface area contributed by atoms with Crippen LogP contribution >= 0.6 is 0 Å². The van der Waals surface area contributed by atoms with Crippen molar-refractivity contribution in [3.05, 3.63) is 57.9 Å². The summed E-state index contributed by atoms with van der Waals surface area (Å²) < 4.78 is 24.3. The lowest BCUT2D eigenvalue weighted by Gasteiger charge is -2.29. The van der Waals surface area contributed by atoms with E-state index in [-0.39, 0.29) is 17.7 Å². The molecule has 158 valence electrons. The first-order chi connectivity index (χ1) is 14.7. The summed E-state index contributed by atoms with van der Waals surface area (Å²) >= 11 is 0. The molecular weight excluding hydrogens is 382 g/mol. The van der Waals surface area contributed by atoms with Crippen LogP contribution in [0, 0.1) is 0 Å². The fourth-order valence-corrected chi connectivity index (χ4v) is 4.53. The van der Waals surface area contributed by atoms with Gasteiger partial charge < -0.3 is 23.5 Å². The van der Waals surface area contributed by atoms with E-state index in [2.05, 4.69) is 31.2 Å². The fraction of sp³-hybridized carbons (Fsp3) is 0.458. The first-order valence-electron chi connectivity index (χ1n) is 10.7. The molecule has 0 amide bonds. The Balaban J connectivity index is 1.46. The quantitative estimate of drug-likeness (QED) is 0.776. The van der Waals surface area contributed by atoms with E-state index in [0.29, 0.717) is 38.8 Å². The van der Waals surface area contributed by atoms with Crippen molar-refractivity contribution in [3.8, 4) is 17.0 Å². The summed E-state index contributed by atoms with van der Waals surface area (Å²) in [6, 6.07) is 10.2. The minimum Gasteiger partial charge on any atom is -0.491 e. The first kappa shape index (κ1) is 19.5. The van der Waals surface area contributed by atoms with Gasteiger partial charge in [0.1, 0.15) is 18.5 Å². The minimum atomic E-state index is -0.0981. The molecule has 3 aliphatic rings. The van der Waals surface area contributed by atoms with Gasteiger partial charge in [0, 0.05) is 23.7 Å². The summed E-state index contributed by atoms with van der Waals surface area (Å²) in [5.41, 5.74) is 5.85. The number of aromatic nitrogens is 1. The zero-order valence-corrected chi connectivity index (χ0v) is 17.3.